The van der Waals surface area contributed by atoms with Crippen molar-refractivity contribution in [1.82, 2.24) is 34.3 Å². The molecule has 0 unspecified atom stereocenters. The normalized spacial score (nSPS) is 22.6. The Morgan fingerprint density at radius 2 is 1.71 bits per heavy atom. The van der Waals surface area contributed by atoms with E-state index in [1.807, 2.05) is 17.8 Å². The number of aromatic nitrogens is 5. The van der Waals surface area contributed by atoms with Crippen molar-refractivity contribution < 1.29 is 9.18 Å². The van der Waals surface area contributed by atoms with E-state index in [1.165, 1.54) is 10.6 Å². The maximum atomic E-state index is 14.2. The van der Waals surface area contributed by atoms with E-state index in [-0.39, 0.29) is 40.8 Å². The van der Waals surface area contributed by atoms with Gasteiger partial charge in [-0.25, -0.2) is 24.1 Å². The molecule has 1 aliphatic carbocycles. The fraction of sp³-hybridized carbons (Fsp3) is 0.571. The molecule has 6 rings (SSSR count). The lowest BCUT2D eigenvalue weighted by Crippen LogP contribution is -2.51. The summed E-state index contributed by atoms with van der Waals surface area (Å²) in [6.45, 7) is 3.48. The summed E-state index contributed by atoms with van der Waals surface area (Å²) in [5.74, 6) is 2.17. The first-order chi connectivity index (χ1) is 20.0. The number of rotatable bonds is 6. The first kappa shape index (κ1) is 27.8. The van der Waals surface area contributed by atoms with Crippen molar-refractivity contribution >= 4 is 34.5 Å². The lowest BCUT2D eigenvalue weighted by atomic mass is 9.91. The molecule has 3 aromatic heterocycles. The van der Waals surface area contributed by atoms with Gasteiger partial charge < -0.3 is 10.2 Å². The topological polar surface area (TPSA) is 118 Å². The smallest absolute Gasteiger partial charge is 0.333 e. The van der Waals surface area contributed by atoms with Crippen LogP contribution >= 0.6 is 11.8 Å². The van der Waals surface area contributed by atoms with Crippen LogP contribution in [-0.4, -0.2) is 85.2 Å². The minimum Gasteiger partial charge on any atom is -0.354 e. The van der Waals surface area contributed by atoms with E-state index in [0.717, 1.165) is 62.5 Å². The molecular weight excluding hydrogens is 547 g/mol. The minimum absolute atomic E-state index is 0.00563. The molecule has 41 heavy (non-hydrogen) atoms. The Balaban J connectivity index is 1.09. The summed E-state index contributed by atoms with van der Waals surface area (Å²) in [6, 6.07) is 2.73. The van der Waals surface area contributed by atoms with E-state index < -0.39 is 11.4 Å². The highest BCUT2D eigenvalue weighted by Gasteiger charge is 2.30. The van der Waals surface area contributed by atoms with Gasteiger partial charge in [-0.1, -0.05) is 0 Å². The molecule has 2 saturated heterocycles. The molecule has 0 bridgehead atoms. The van der Waals surface area contributed by atoms with Gasteiger partial charge in [-0.05, 0) is 62.2 Å². The number of amides is 1. The number of hydrogen-bond acceptors (Lipinski definition) is 9. The van der Waals surface area contributed by atoms with Gasteiger partial charge in [0.15, 0.2) is 0 Å². The number of nitrogens with one attached hydrogen (secondary N) is 1. The molecule has 3 fully saturated rings. The van der Waals surface area contributed by atoms with E-state index >= 15 is 0 Å². The van der Waals surface area contributed by atoms with Gasteiger partial charge >= 0.3 is 5.69 Å². The number of piperazine rings is 1. The standard InChI is InChI=1S/C28H35FN8O3S/c29-19-15-23-26(31-16-19)36(22-6-13-41-14-7-22)28(40)37(27(23)39)21-3-1-20(2-4-21)33-25(38)17-34-9-11-35(12-10-34)24-5-8-30-18-32-24/h5,8,15-16,18,20-22H,1-4,6-7,9-14,17H2,(H,33,38). The number of pyridine rings is 1. The summed E-state index contributed by atoms with van der Waals surface area (Å²) in [4.78, 5) is 56.9. The fourth-order valence-electron chi connectivity index (χ4n) is 6.36. The second kappa shape index (κ2) is 12.3. The minimum atomic E-state index is -0.590. The lowest BCUT2D eigenvalue weighted by molar-refractivity contribution is -0.123. The Labute approximate surface area is 241 Å². The van der Waals surface area contributed by atoms with Crippen molar-refractivity contribution in [2.45, 2.75) is 56.7 Å². The maximum Gasteiger partial charge on any atom is 0.333 e. The van der Waals surface area contributed by atoms with E-state index in [4.69, 9.17) is 0 Å². The van der Waals surface area contributed by atoms with Crippen LogP contribution in [0, 0.1) is 5.82 Å². The Hall–Kier alpha value is -3.32. The molecule has 13 heteroatoms. The fourth-order valence-corrected chi connectivity index (χ4v) is 7.44. The lowest BCUT2D eigenvalue weighted by Gasteiger charge is -2.35. The molecule has 3 aromatic rings. The molecule has 0 atom stereocenters. The van der Waals surface area contributed by atoms with Crippen molar-refractivity contribution in [3.63, 3.8) is 0 Å². The van der Waals surface area contributed by atoms with Crippen LogP contribution in [0.2, 0.25) is 0 Å². The molecule has 3 aliphatic rings. The number of fused-ring (bicyclic) bond motifs is 1. The summed E-state index contributed by atoms with van der Waals surface area (Å²) in [5, 5.41) is 3.31. The van der Waals surface area contributed by atoms with Gasteiger partial charge in [0.25, 0.3) is 5.56 Å². The molecule has 2 aliphatic heterocycles. The van der Waals surface area contributed by atoms with Crippen LogP contribution < -0.4 is 21.5 Å². The SMILES string of the molecule is O=C(CN1CCN(c2ccncn2)CC1)NC1CCC(n2c(=O)c3cc(F)cnc3n(C3CCSCC3)c2=O)CC1. The molecule has 218 valence electrons. The van der Waals surface area contributed by atoms with Gasteiger partial charge in [-0.3, -0.25) is 23.6 Å². The molecule has 11 nitrogen and oxygen atoms in total. The number of carbonyl (C=O) groups excluding carboxylic acids is 1. The zero-order valence-electron chi connectivity index (χ0n) is 23.0. The Bertz CT molecular complexity index is 1490. The molecule has 0 radical (unpaired) electrons. The van der Waals surface area contributed by atoms with Gasteiger partial charge in [0, 0.05) is 50.5 Å². The monoisotopic (exact) mass is 582 g/mol. The number of carbonyl (C=O) groups is 1. The van der Waals surface area contributed by atoms with Crippen molar-refractivity contribution in [3.05, 3.63) is 57.5 Å². The maximum absolute atomic E-state index is 14.2. The van der Waals surface area contributed by atoms with Gasteiger partial charge in [-0.15, -0.1) is 0 Å². The van der Waals surface area contributed by atoms with Crippen molar-refractivity contribution in [1.29, 1.82) is 0 Å². The van der Waals surface area contributed by atoms with Crippen LogP contribution in [0.4, 0.5) is 10.2 Å². The van der Waals surface area contributed by atoms with Gasteiger partial charge in [-0.2, -0.15) is 11.8 Å². The summed E-state index contributed by atoms with van der Waals surface area (Å²) in [6.07, 6.45) is 8.49. The summed E-state index contributed by atoms with van der Waals surface area (Å²) in [5.41, 5.74) is -0.562. The molecule has 0 aromatic carbocycles. The number of anilines is 1. The zero-order chi connectivity index (χ0) is 28.3. The predicted octanol–water partition coefficient (Wildman–Crippen LogP) is 1.98. The molecular formula is C28H35FN8O3S. The van der Waals surface area contributed by atoms with Crippen molar-refractivity contribution in [2.24, 2.45) is 0 Å². The molecule has 1 saturated carbocycles. The number of hydrogen-bond donors (Lipinski definition) is 1. The van der Waals surface area contributed by atoms with E-state index in [0.29, 0.717) is 32.2 Å². The van der Waals surface area contributed by atoms with E-state index in [1.54, 1.807) is 17.1 Å². The van der Waals surface area contributed by atoms with Gasteiger partial charge in [0.2, 0.25) is 5.91 Å². The molecule has 1 amide bonds. The summed E-state index contributed by atoms with van der Waals surface area (Å²) < 4.78 is 17.1. The molecule has 5 heterocycles. The Morgan fingerprint density at radius 3 is 2.41 bits per heavy atom. The highest BCUT2D eigenvalue weighted by atomic mass is 32.2. The van der Waals surface area contributed by atoms with Crippen molar-refractivity contribution in [2.75, 3.05) is 49.1 Å². The van der Waals surface area contributed by atoms with Crippen LogP contribution in [0.15, 0.2) is 40.4 Å². The largest absolute Gasteiger partial charge is 0.354 e. The van der Waals surface area contributed by atoms with E-state index in [2.05, 4.69) is 30.1 Å². The van der Waals surface area contributed by atoms with Gasteiger partial charge in [0.1, 0.15) is 23.6 Å². The first-order valence-corrected chi connectivity index (χ1v) is 15.6. The van der Waals surface area contributed by atoms with Crippen molar-refractivity contribution in [3.8, 4) is 0 Å². The van der Waals surface area contributed by atoms with Crippen LogP contribution in [0.3, 0.4) is 0 Å². The quantitative estimate of drug-likeness (QED) is 0.466. The Kier molecular flexibility index (Phi) is 8.33. The highest BCUT2D eigenvalue weighted by Crippen LogP contribution is 2.30. The van der Waals surface area contributed by atoms with Crippen LogP contribution in [0.1, 0.15) is 50.6 Å². The summed E-state index contributed by atoms with van der Waals surface area (Å²) >= 11 is 1.85. The average molecular weight is 583 g/mol. The molecule has 0 spiro atoms. The summed E-state index contributed by atoms with van der Waals surface area (Å²) in [7, 11) is 0. The molecule has 1 N–H and O–H groups in total. The zero-order valence-corrected chi connectivity index (χ0v) is 23.8. The third-order valence-electron chi connectivity index (χ3n) is 8.54. The Morgan fingerprint density at radius 1 is 0.976 bits per heavy atom. The third kappa shape index (κ3) is 6.01. The number of nitrogens with zero attached hydrogens (tertiary/aromatic N) is 7. The second-order valence-electron chi connectivity index (χ2n) is 11.1. The first-order valence-electron chi connectivity index (χ1n) is 14.4. The van der Waals surface area contributed by atoms with Crippen LogP contribution in [0.25, 0.3) is 11.0 Å². The number of thioether (sulfide) groups is 1. The number of halogens is 1. The third-order valence-corrected chi connectivity index (χ3v) is 9.58. The van der Waals surface area contributed by atoms with Crippen LogP contribution in [0.5, 0.6) is 0 Å². The predicted molar refractivity (Wildman–Crippen MR) is 156 cm³/mol. The highest BCUT2D eigenvalue weighted by molar-refractivity contribution is 7.99. The average Bonchev–Trinajstić information content (AvgIpc) is 3.00. The van der Waals surface area contributed by atoms with E-state index in [9.17, 15) is 18.8 Å². The second-order valence-corrected chi connectivity index (χ2v) is 12.3. The van der Waals surface area contributed by atoms with Crippen LogP contribution in [-0.2, 0) is 4.79 Å². The van der Waals surface area contributed by atoms with Gasteiger partial charge in [0.05, 0.1) is 18.1 Å².